The molecule has 0 unspecified atom stereocenters. The van der Waals surface area contributed by atoms with Gasteiger partial charge in [0, 0.05) is 38.3 Å². The zero-order valence-electron chi connectivity index (χ0n) is 16.2. The number of hydrogen-bond acceptors (Lipinski definition) is 3. The van der Waals surface area contributed by atoms with Crippen LogP contribution in [0.25, 0.3) is 0 Å². The molecule has 0 aliphatic carbocycles. The van der Waals surface area contributed by atoms with Gasteiger partial charge in [0.25, 0.3) is 5.91 Å². The van der Waals surface area contributed by atoms with E-state index in [4.69, 9.17) is 27.9 Å². The van der Waals surface area contributed by atoms with Gasteiger partial charge in [0.05, 0.1) is 16.7 Å². The minimum absolute atomic E-state index is 0.0386. The largest absolute Gasteiger partial charge is 0.490 e. The van der Waals surface area contributed by atoms with Crippen LogP contribution in [0.1, 0.15) is 35.7 Å². The molecule has 0 spiro atoms. The van der Waals surface area contributed by atoms with Gasteiger partial charge in [-0.1, -0.05) is 66.9 Å². The van der Waals surface area contributed by atoms with Crippen molar-refractivity contribution in [2.24, 2.45) is 0 Å². The average Bonchev–Trinajstić information content (AvgIpc) is 2.71. The summed E-state index contributed by atoms with van der Waals surface area (Å²) >= 11 is 12.6. The standard InChI is InChI=1S/C22H26Cl2N2O2/c1-2-3-13-28-21-19(23)14-18(15-20(21)24)22(27)26-11-9-25(10-12-26)16-17-7-5-4-6-8-17/h4-8,14-15H,2-3,9-13,16H2,1H3. The van der Waals surface area contributed by atoms with Gasteiger partial charge in [0.2, 0.25) is 0 Å². The van der Waals surface area contributed by atoms with Crippen molar-refractivity contribution in [3.8, 4) is 5.75 Å². The number of halogens is 2. The van der Waals surface area contributed by atoms with E-state index in [-0.39, 0.29) is 5.91 Å². The molecule has 1 saturated heterocycles. The second-order valence-corrected chi connectivity index (χ2v) is 7.84. The van der Waals surface area contributed by atoms with Crippen LogP contribution < -0.4 is 4.74 Å². The van der Waals surface area contributed by atoms with E-state index in [2.05, 4.69) is 36.1 Å². The third kappa shape index (κ3) is 5.40. The van der Waals surface area contributed by atoms with Gasteiger partial charge in [0.1, 0.15) is 0 Å². The Kier molecular flexibility index (Phi) is 7.60. The molecule has 1 amide bonds. The number of unbranched alkanes of at least 4 members (excludes halogenated alkanes) is 1. The first-order chi connectivity index (χ1) is 13.6. The highest BCUT2D eigenvalue weighted by atomic mass is 35.5. The molecule has 1 aliphatic rings. The number of rotatable bonds is 7. The molecular weight excluding hydrogens is 395 g/mol. The van der Waals surface area contributed by atoms with Crippen LogP contribution in [0.15, 0.2) is 42.5 Å². The lowest BCUT2D eigenvalue weighted by Gasteiger charge is -2.35. The lowest BCUT2D eigenvalue weighted by Crippen LogP contribution is -2.48. The summed E-state index contributed by atoms with van der Waals surface area (Å²) in [7, 11) is 0. The summed E-state index contributed by atoms with van der Waals surface area (Å²) in [4.78, 5) is 17.1. The van der Waals surface area contributed by atoms with Crippen LogP contribution in [0, 0.1) is 0 Å². The van der Waals surface area contributed by atoms with Crippen molar-refractivity contribution in [3.63, 3.8) is 0 Å². The summed E-state index contributed by atoms with van der Waals surface area (Å²) in [5.74, 6) is 0.421. The lowest BCUT2D eigenvalue weighted by atomic mass is 10.1. The summed E-state index contributed by atoms with van der Waals surface area (Å²) in [6, 6.07) is 13.7. The van der Waals surface area contributed by atoms with Gasteiger partial charge in [0.15, 0.2) is 5.75 Å². The highest BCUT2D eigenvalue weighted by Crippen LogP contribution is 2.34. The minimum Gasteiger partial charge on any atom is -0.490 e. The first-order valence-electron chi connectivity index (χ1n) is 9.76. The van der Waals surface area contributed by atoms with Crippen LogP contribution in [0.2, 0.25) is 10.0 Å². The molecule has 6 heteroatoms. The molecule has 1 fully saturated rings. The molecule has 0 bridgehead atoms. The Bertz CT molecular complexity index is 767. The maximum atomic E-state index is 12.9. The number of carbonyl (C=O) groups excluding carboxylic acids is 1. The maximum absolute atomic E-state index is 12.9. The number of ether oxygens (including phenoxy) is 1. The fraction of sp³-hybridized carbons (Fsp3) is 0.409. The van der Waals surface area contributed by atoms with Crippen LogP contribution in [-0.4, -0.2) is 48.5 Å². The molecule has 1 aliphatic heterocycles. The molecule has 3 rings (SSSR count). The molecule has 0 radical (unpaired) electrons. The van der Waals surface area contributed by atoms with Gasteiger partial charge in [-0.25, -0.2) is 0 Å². The molecule has 1 heterocycles. The SMILES string of the molecule is CCCCOc1c(Cl)cc(C(=O)N2CCN(Cc3ccccc3)CC2)cc1Cl. The number of piperazine rings is 1. The van der Waals surface area contributed by atoms with Gasteiger partial charge in [-0.15, -0.1) is 0 Å². The van der Waals surface area contributed by atoms with Crippen molar-refractivity contribution < 1.29 is 9.53 Å². The molecule has 2 aromatic rings. The highest BCUT2D eigenvalue weighted by molar-refractivity contribution is 6.37. The van der Waals surface area contributed by atoms with Crippen LogP contribution in [0.3, 0.4) is 0 Å². The van der Waals surface area contributed by atoms with Crippen LogP contribution >= 0.6 is 23.2 Å². The summed E-state index contributed by atoms with van der Waals surface area (Å²) in [6.07, 6.45) is 1.96. The van der Waals surface area contributed by atoms with E-state index in [0.717, 1.165) is 32.5 Å². The average molecular weight is 421 g/mol. The van der Waals surface area contributed by atoms with E-state index in [1.54, 1.807) is 12.1 Å². The Hall–Kier alpha value is -1.75. The minimum atomic E-state index is -0.0386. The predicted octanol–water partition coefficient (Wildman–Crippen LogP) is 5.13. The van der Waals surface area contributed by atoms with Crippen molar-refractivity contribution in [1.82, 2.24) is 9.80 Å². The molecule has 0 atom stereocenters. The predicted molar refractivity (Wildman–Crippen MR) is 114 cm³/mol. The zero-order chi connectivity index (χ0) is 19.9. The van der Waals surface area contributed by atoms with Gasteiger partial charge >= 0.3 is 0 Å². The number of benzene rings is 2. The van der Waals surface area contributed by atoms with Crippen LogP contribution in [0.5, 0.6) is 5.75 Å². The fourth-order valence-electron chi connectivity index (χ4n) is 3.27. The first-order valence-corrected chi connectivity index (χ1v) is 10.5. The Labute approximate surface area is 177 Å². The van der Waals surface area contributed by atoms with Gasteiger partial charge < -0.3 is 9.64 Å². The Morgan fingerprint density at radius 2 is 1.68 bits per heavy atom. The molecule has 0 aromatic heterocycles. The molecule has 150 valence electrons. The van der Waals surface area contributed by atoms with Crippen LogP contribution in [0.4, 0.5) is 0 Å². The van der Waals surface area contributed by atoms with Crippen molar-refractivity contribution in [3.05, 3.63) is 63.6 Å². The number of nitrogens with zero attached hydrogens (tertiary/aromatic N) is 2. The molecular formula is C22H26Cl2N2O2. The van der Waals surface area contributed by atoms with E-state index in [0.29, 0.717) is 41.1 Å². The van der Waals surface area contributed by atoms with Gasteiger partial charge in [-0.3, -0.25) is 9.69 Å². The molecule has 28 heavy (non-hydrogen) atoms. The van der Waals surface area contributed by atoms with E-state index in [1.807, 2.05) is 11.0 Å². The quantitative estimate of drug-likeness (QED) is 0.581. The fourth-order valence-corrected chi connectivity index (χ4v) is 3.87. The monoisotopic (exact) mass is 420 g/mol. The van der Waals surface area contributed by atoms with Crippen molar-refractivity contribution in [1.29, 1.82) is 0 Å². The van der Waals surface area contributed by atoms with Crippen molar-refractivity contribution >= 4 is 29.1 Å². The van der Waals surface area contributed by atoms with E-state index >= 15 is 0 Å². The Balaban J connectivity index is 1.59. The number of carbonyl (C=O) groups is 1. The Morgan fingerprint density at radius 3 is 2.29 bits per heavy atom. The topological polar surface area (TPSA) is 32.8 Å². The van der Waals surface area contributed by atoms with Crippen molar-refractivity contribution in [2.75, 3.05) is 32.8 Å². The van der Waals surface area contributed by atoms with E-state index < -0.39 is 0 Å². The second-order valence-electron chi connectivity index (χ2n) is 7.02. The maximum Gasteiger partial charge on any atom is 0.254 e. The summed E-state index contributed by atoms with van der Waals surface area (Å²) in [5, 5.41) is 0.768. The van der Waals surface area contributed by atoms with E-state index in [9.17, 15) is 4.79 Å². The van der Waals surface area contributed by atoms with E-state index in [1.165, 1.54) is 5.56 Å². The number of amides is 1. The molecule has 2 aromatic carbocycles. The van der Waals surface area contributed by atoms with Gasteiger partial charge in [-0.05, 0) is 24.1 Å². The zero-order valence-corrected chi connectivity index (χ0v) is 17.7. The summed E-state index contributed by atoms with van der Waals surface area (Å²) in [6.45, 7) is 6.64. The highest BCUT2D eigenvalue weighted by Gasteiger charge is 2.23. The van der Waals surface area contributed by atoms with Gasteiger partial charge in [-0.2, -0.15) is 0 Å². The van der Waals surface area contributed by atoms with Crippen LogP contribution in [-0.2, 0) is 6.54 Å². The first kappa shape index (κ1) is 21.0. The Morgan fingerprint density at radius 1 is 1.04 bits per heavy atom. The smallest absolute Gasteiger partial charge is 0.254 e. The third-order valence-electron chi connectivity index (χ3n) is 4.90. The second kappa shape index (κ2) is 10.1. The summed E-state index contributed by atoms with van der Waals surface area (Å²) < 4.78 is 5.66. The van der Waals surface area contributed by atoms with Crippen molar-refractivity contribution in [2.45, 2.75) is 26.3 Å². The summed E-state index contributed by atoms with van der Waals surface area (Å²) in [5.41, 5.74) is 1.80. The normalized spacial score (nSPS) is 14.9. The third-order valence-corrected chi connectivity index (χ3v) is 5.46. The molecule has 0 saturated carbocycles. The molecule has 4 nitrogen and oxygen atoms in total. The molecule has 0 N–H and O–H groups in total. The lowest BCUT2D eigenvalue weighted by molar-refractivity contribution is 0.0628. The number of hydrogen-bond donors (Lipinski definition) is 0.